The third-order valence-electron chi connectivity index (χ3n) is 10.5. The predicted octanol–water partition coefficient (Wildman–Crippen LogP) is 14.9. The maximum absolute atomic E-state index is 8.91. The Hall–Kier alpha value is -7.42. The van der Waals surface area contributed by atoms with Crippen LogP contribution in [0, 0.1) is 0 Å². The van der Waals surface area contributed by atoms with Gasteiger partial charge in [0, 0.05) is 33.5 Å². The Kier molecular flexibility index (Phi) is 7.24. The van der Waals surface area contributed by atoms with Gasteiger partial charge in [0.25, 0.3) is 0 Å². The Morgan fingerprint density at radius 3 is 1.45 bits per heavy atom. The molecule has 0 aliphatic carbocycles. The molecule has 0 amide bonds. The van der Waals surface area contributed by atoms with Crippen molar-refractivity contribution in [1.29, 1.82) is 0 Å². The Morgan fingerprint density at radius 1 is 0.357 bits per heavy atom. The van der Waals surface area contributed by atoms with Crippen LogP contribution in [0.1, 0.15) is 6.85 Å². The fourth-order valence-corrected chi connectivity index (χ4v) is 7.86. The van der Waals surface area contributed by atoms with E-state index in [0.717, 1.165) is 77.8 Å². The van der Waals surface area contributed by atoms with Crippen molar-refractivity contribution < 1.29 is 6.85 Å². The van der Waals surface area contributed by atoms with Crippen molar-refractivity contribution in [3.63, 3.8) is 0 Å². The largest absolute Gasteiger partial charge is 0.311 e. The van der Waals surface area contributed by atoms with Gasteiger partial charge in [-0.1, -0.05) is 152 Å². The van der Waals surface area contributed by atoms with Gasteiger partial charge in [0.1, 0.15) is 0 Å². The van der Waals surface area contributed by atoms with Crippen LogP contribution in [0.25, 0.3) is 72.0 Å². The molecule has 0 unspecified atom stereocenters. The summed E-state index contributed by atoms with van der Waals surface area (Å²) >= 11 is 0. The highest BCUT2D eigenvalue weighted by Crippen LogP contribution is 2.42. The second-order valence-electron chi connectivity index (χ2n) is 13.8. The molecule has 0 spiro atoms. The molecule has 2 nitrogen and oxygen atoms in total. The van der Waals surface area contributed by atoms with Crippen molar-refractivity contribution >= 4 is 38.9 Å². The number of nitrogens with zero attached hydrogens (tertiary/aromatic N) is 2. The Labute approximate surface area is 334 Å². The fraction of sp³-hybridized carbons (Fsp3) is 0. The van der Waals surface area contributed by atoms with Crippen LogP contribution < -0.4 is 4.90 Å². The van der Waals surface area contributed by atoms with Gasteiger partial charge in [-0.25, -0.2) is 0 Å². The minimum Gasteiger partial charge on any atom is -0.311 e. The first-order valence-electron chi connectivity index (χ1n) is 21.3. The van der Waals surface area contributed by atoms with E-state index in [1.807, 2.05) is 59.2 Å². The zero-order chi connectivity index (χ0) is 41.6. The minimum atomic E-state index is -0.413. The van der Waals surface area contributed by atoms with Gasteiger partial charge in [0.15, 0.2) is 0 Å². The number of aromatic nitrogens is 1. The molecule has 264 valence electrons. The number of rotatable bonds is 8. The van der Waals surface area contributed by atoms with Gasteiger partial charge < -0.3 is 9.47 Å². The number of benzene rings is 9. The smallest absolute Gasteiger partial charge is 0.0645 e. The molecule has 0 saturated carbocycles. The van der Waals surface area contributed by atoms with Crippen LogP contribution in [0.2, 0.25) is 0 Å². The lowest BCUT2D eigenvalue weighted by atomic mass is 9.91. The zero-order valence-corrected chi connectivity index (χ0v) is 30.4. The molecule has 56 heavy (non-hydrogen) atoms. The molecule has 0 N–H and O–H groups in total. The topological polar surface area (TPSA) is 8.17 Å². The van der Waals surface area contributed by atoms with Gasteiger partial charge in [-0.15, -0.1) is 0 Å². The molecule has 9 aromatic carbocycles. The summed E-state index contributed by atoms with van der Waals surface area (Å²) in [6.45, 7) is 0. The minimum absolute atomic E-state index is 0.129. The summed E-state index contributed by atoms with van der Waals surface area (Å²) in [5.41, 5.74) is 13.4. The Bertz CT molecular complexity index is 3190. The van der Waals surface area contributed by atoms with Crippen LogP contribution in [0.15, 0.2) is 230 Å². The predicted molar refractivity (Wildman–Crippen MR) is 237 cm³/mol. The lowest BCUT2D eigenvalue weighted by Crippen LogP contribution is -2.09. The molecule has 1 aromatic heterocycles. The quantitative estimate of drug-likeness (QED) is 0.152. The summed E-state index contributed by atoms with van der Waals surface area (Å²) in [5.74, 6) is 0. The van der Waals surface area contributed by atoms with Gasteiger partial charge in [0.2, 0.25) is 0 Å². The van der Waals surface area contributed by atoms with Crippen molar-refractivity contribution in [2.24, 2.45) is 0 Å². The molecule has 0 aliphatic heterocycles. The van der Waals surface area contributed by atoms with Crippen molar-refractivity contribution in [2.75, 3.05) is 4.90 Å². The molecule has 0 saturated heterocycles. The van der Waals surface area contributed by atoms with Crippen LogP contribution in [0.3, 0.4) is 0 Å². The van der Waals surface area contributed by atoms with Gasteiger partial charge in [-0.3, -0.25) is 0 Å². The number of anilines is 3. The third-order valence-corrected chi connectivity index (χ3v) is 10.5. The maximum Gasteiger partial charge on any atom is 0.0645 e. The van der Waals surface area contributed by atoms with Crippen molar-refractivity contribution in [3.8, 4) is 50.2 Å². The van der Waals surface area contributed by atoms with Gasteiger partial charge in [-0.2, -0.15) is 0 Å². The van der Waals surface area contributed by atoms with Crippen LogP contribution >= 0.6 is 0 Å². The summed E-state index contributed by atoms with van der Waals surface area (Å²) in [6.07, 6.45) is 0. The number of hydrogen-bond donors (Lipinski definition) is 0. The standard InChI is InChI=1S/C54H38N2/c1-5-16-39(17-6-1)41-28-32-48(33-29-41)55(46-20-9-3-10-21-46)49-34-30-42(31-35-49)44-36-43(40-18-7-2-8-19-40)37-45(38-44)50-25-15-27-53-54(50)51-24-13-14-26-52(51)56(53)47-22-11-4-12-23-47/h1-38H/i4D,11D,12D,22D,23D. The van der Waals surface area contributed by atoms with Crippen LogP contribution in [0.4, 0.5) is 17.1 Å². The van der Waals surface area contributed by atoms with E-state index in [4.69, 9.17) is 6.85 Å². The molecule has 0 fully saturated rings. The average Bonchev–Trinajstić information content (AvgIpc) is 3.66. The van der Waals surface area contributed by atoms with E-state index in [9.17, 15) is 0 Å². The highest BCUT2D eigenvalue weighted by molar-refractivity contribution is 6.16. The molecule has 10 aromatic rings. The van der Waals surface area contributed by atoms with Crippen molar-refractivity contribution in [2.45, 2.75) is 0 Å². The average molecular weight is 720 g/mol. The lowest BCUT2D eigenvalue weighted by molar-refractivity contribution is 1.18. The van der Waals surface area contributed by atoms with E-state index in [-0.39, 0.29) is 29.9 Å². The molecule has 1 heterocycles. The maximum atomic E-state index is 8.91. The summed E-state index contributed by atoms with van der Waals surface area (Å²) in [7, 11) is 0. The Balaban J connectivity index is 1.12. The lowest BCUT2D eigenvalue weighted by Gasteiger charge is -2.26. The van der Waals surface area contributed by atoms with E-state index in [1.165, 1.54) is 5.56 Å². The summed E-state index contributed by atoms with van der Waals surface area (Å²) in [4.78, 5) is 2.27. The fourth-order valence-electron chi connectivity index (χ4n) is 7.86. The van der Waals surface area contributed by atoms with E-state index in [1.54, 1.807) is 0 Å². The highest BCUT2D eigenvalue weighted by atomic mass is 15.1. The first kappa shape index (κ1) is 28.1. The molecular weight excluding hydrogens is 677 g/mol. The van der Waals surface area contributed by atoms with Crippen LogP contribution in [0.5, 0.6) is 0 Å². The number of hydrogen-bond acceptors (Lipinski definition) is 1. The SMILES string of the molecule is [2H]c1c([2H])c([2H])c(-n2c3ccccc3c3c(-c4cc(-c5ccccc5)cc(-c5ccc(N(c6ccccc6)c6ccc(-c7ccccc7)cc6)cc5)c4)cccc32)c([2H])c1[2H]. The van der Waals surface area contributed by atoms with Crippen LogP contribution in [-0.2, 0) is 0 Å². The highest BCUT2D eigenvalue weighted by Gasteiger charge is 2.18. The molecule has 10 rings (SSSR count). The first-order valence-corrected chi connectivity index (χ1v) is 18.8. The summed E-state index contributed by atoms with van der Waals surface area (Å²) in [6, 6.07) is 67.6. The second-order valence-corrected chi connectivity index (χ2v) is 13.8. The molecule has 0 radical (unpaired) electrons. The van der Waals surface area contributed by atoms with E-state index in [2.05, 4.69) is 150 Å². The zero-order valence-electron chi connectivity index (χ0n) is 35.4. The molecular formula is C54H38N2. The molecule has 2 heteroatoms. The molecule has 0 bridgehead atoms. The summed E-state index contributed by atoms with van der Waals surface area (Å²) < 4.78 is 44.9. The Morgan fingerprint density at radius 2 is 0.821 bits per heavy atom. The van der Waals surface area contributed by atoms with Crippen molar-refractivity contribution in [1.82, 2.24) is 4.57 Å². The van der Waals surface area contributed by atoms with E-state index < -0.39 is 6.04 Å². The molecule has 0 aliphatic rings. The van der Waals surface area contributed by atoms with Gasteiger partial charge in [-0.05, 0) is 123 Å². The van der Waals surface area contributed by atoms with Crippen LogP contribution in [-0.4, -0.2) is 4.57 Å². The normalized spacial score (nSPS) is 12.5. The number of para-hydroxylation sites is 3. The van der Waals surface area contributed by atoms with Gasteiger partial charge in [0.05, 0.1) is 17.9 Å². The molecule has 0 atom stereocenters. The van der Waals surface area contributed by atoms with Crippen molar-refractivity contribution in [3.05, 3.63) is 230 Å². The monoisotopic (exact) mass is 719 g/mol. The summed E-state index contributed by atoms with van der Waals surface area (Å²) in [5, 5.41) is 1.86. The number of fused-ring (bicyclic) bond motifs is 3. The second kappa shape index (κ2) is 14.4. The first-order chi connectivity index (χ1) is 29.9. The van der Waals surface area contributed by atoms with E-state index >= 15 is 0 Å². The van der Waals surface area contributed by atoms with E-state index in [0.29, 0.717) is 0 Å². The third kappa shape index (κ3) is 6.14. The van der Waals surface area contributed by atoms with Gasteiger partial charge >= 0.3 is 0 Å².